The highest BCUT2D eigenvalue weighted by atomic mass is 19.4. The van der Waals surface area contributed by atoms with Crippen molar-refractivity contribution in [3.8, 4) is 23.0 Å². The van der Waals surface area contributed by atoms with Crippen LogP contribution in [0.2, 0.25) is 0 Å². The quantitative estimate of drug-likeness (QED) is 0.0686. The number of anilines is 2. The van der Waals surface area contributed by atoms with Crippen LogP contribution < -0.4 is 14.5 Å². The highest BCUT2D eigenvalue weighted by molar-refractivity contribution is 6.36. The first-order valence-corrected chi connectivity index (χ1v) is 24.3. The zero-order chi connectivity index (χ0) is 56.2. The fraction of sp³-hybridized carbons (Fsp3) is 0.0820. The molecule has 0 saturated carbocycles. The minimum Gasteiger partial charge on any atom is -0.457 e. The monoisotopic (exact) mass is 1080 g/mol. The third-order valence-electron chi connectivity index (χ3n) is 14.0. The number of aromatic nitrogens is 2. The van der Waals surface area contributed by atoms with Gasteiger partial charge in [-0.1, -0.05) is 83.9 Å². The van der Waals surface area contributed by atoms with Crippen LogP contribution in [0.3, 0.4) is 0 Å². The van der Waals surface area contributed by atoms with E-state index in [0.29, 0.717) is 51.8 Å². The second-order valence-corrected chi connectivity index (χ2v) is 19.0. The van der Waals surface area contributed by atoms with Gasteiger partial charge in [-0.2, -0.15) is 36.2 Å². The molecule has 10 aromatic rings. The number of amides is 4. The van der Waals surface area contributed by atoms with Crippen LogP contribution >= 0.6 is 0 Å². The SMILES string of the molecule is Cc1ccc(Oc2ccc(N3C(=O)c4ccc(C(=O)c5ccc6c(c5)C(=O)N(c5nc7cc(C(c8ccc9oc(-c%10ccc(C(=O)c%11ccc(C)cc%11)cc%10)nc9c8)(C(F)(F)F)C(F)(F)F)ccc7o5)C6=O)cc4C3=O)cc2)cc1. The number of halogens is 6. The molecule has 0 saturated heterocycles. The predicted molar refractivity (Wildman–Crippen MR) is 277 cm³/mol. The van der Waals surface area contributed by atoms with Gasteiger partial charge in [0.05, 0.1) is 27.9 Å². The largest absolute Gasteiger partial charge is 0.457 e. The van der Waals surface area contributed by atoms with Gasteiger partial charge in [-0.15, -0.1) is 0 Å². The molecule has 4 amide bonds. The Balaban J connectivity index is 0.797. The van der Waals surface area contributed by atoms with E-state index in [9.17, 15) is 28.8 Å². The van der Waals surface area contributed by atoms with Gasteiger partial charge in [-0.05, 0) is 122 Å². The van der Waals surface area contributed by atoms with Crippen LogP contribution in [-0.2, 0) is 5.41 Å². The van der Waals surface area contributed by atoms with E-state index < -0.39 is 69.8 Å². The Bertz CT molecular complexity index is 4270. The maximum atomic E-state index is 15.5. The molecule has 4 heterocycles. The molecule has 0 unspecified atom stereocenters. The number of aryl methyl sites for hydroxylation is 2. The Morgan fingerprint density at radius 3 is 1.41 bits per heavy atom. The summed E-state index contributed by atoms with van der Waals surface area (Å²) in [6.45, 7) is 3.81. The van der Waals surface area contributed by atoms with Gasteiger partial charge in [0.2, 0.25) is 11.3 Å². The molecule has 0 radical (unpaired) electrons. The van der Waals surface area contributed by atoms with Crippen molar-refractivity contribution >= 4 is 69.1 Å². The van der Waals surface area contributed by atoms with Gasteiger partial charge in [0.25, 0.3) is 23.6 Å². The molecule has 0 N–H and O–H groups in total. The zero-order valence-electron chi connectivity index (χ0n) is 41.4. The van der Waals surface area contributed by atoms with Crippen LogP contribution in [0, 0.1) is 13.8 Å². The van der Waals surface area contributed by atoms with Gasteiger partial charge in [0.1, 0.15) is 22.5 Å². The molecule has 2 aliphatic heterocycles. The first-order valence-electron chi connectivity index (χ1n) is 24.3. The minimum absolute atomic E-state index is 0.0288. The van der Waals surface area contributed by atoms with Crippen LogP contribution in [0.1, 0.15) is 95.5 Å². The van der Waals surface area contributed by atoms with Crippen molar-refractivity contribution in [2.45, 2.75) is 31.6 Å². The van der Waals surface area contributed by atoms with E-state index in [4.69, 9.17) is 13.6 Å². The lowest BCUT2D eigenvalue weighted by Crippen LogP contribution is -2.54. The van der Waals surface area contributed by atoms with Gasteiger partial charge in [-0.3, -0.25) is 28.8 Å². The third-order valence-corrected chi connectivity index (χ3v) is 14.0. The summed E-state index contributed by atoms with van der Waals surface area (Å²) in [5.74, 6) is -3.56. The molecule has 0 spiro atoms. The fourth-order valence-corrected chi connectivity index (χ4v) is 9.89. The number of benzene rings is 8. The molecular weight excluding hydrogens is 1050 g/mol. The summed E-state index contributed by atoms with van der Waals surface area (Å²) in [6.07, 6.45) is -12.1. The molecule has 8 aromatic carbocycles. The molecular formula is C61H34F6N4O9. The van der Waals surface area contributed by atoms with Gasteiger partial charge in [0, 0.05) is 27.8 Å². The summed E-state index contributed by atoms with van der Waals surface area (Å²) < 4.78 is 110. The number of rotatable bonds is 11. The first-order chi connectivity index (χ1) is 38.2. The molecule has 12 rings (SSSR count). The minimum atomic E-state index is -6.05. The summed E-state index contributed by atoms with van der Waals surface area (Å²) in [4.78, 5) is 91.6. The van der Waals surface area contributed by atoms with Crippen LogP contribution in [0.25, 0.3) is 33.7 Å². The van der Waals surface area contributed by atoms with Gasteiger partial charge >= 0.3 is 18.4 Å². The van der Waals surface area contributed by atoms with E-state index >= 15 is 26.3 Å². The van der Waals surface area contributed by atoms with Gasteiger partial charge in [0.15, 0.2) is 22.7 Å². The number of oxazole rings is 2. The Morgan fingerprint density at radius 2 is 0.875 bits per heavy atom. The molecule has 0 bridgehead atoms. The van der Waals surface area contributed by atoms with E-state index in [1.807, 2.05) is 26.0 Å². The highest BCUT2D eigenvalue weighted by Crippen LogP contribution is 2.57. The summed E-state index contributed by atoms with van der Waals surface area (Å²) in [7, 11) is 0. The number of hydrogen-bond acceptors (Lipinski definition) is 11. The van der Waals surface area contributed by atoms with Crippen molar-refractivity contribution < 1.29 is 68.7 Å². The second-order valence-electron chi connectivity index (χ2n) is 19.0. The van der Waals surface area contributed by atoms with Gasteiger partial charge in [-0.25, -0.2) is 9.88 Å². The summed E-state index contributed by atoms with van der Waals surface area (Å²) in [5, 5.41) is 0. The average Bonchev–Trinajstić information content (AvgIpc) is 4.31. The van der Waals surface area contributed by atoms with Crippen molar-refractivity contribution in [3.63, 3.8) is 0 Å². The molecule has 19 heteroatoms. The average molecular weight is 1080 g/mol. The lowest BCUT2D eigenvalue weighted by molar-refractivity contribution is -0.288. The van der Waals surface area contributed by atoms with E-state index in [-0.39, 0.29) is 73.0 Å². The standard InChI is InChI=1S/C61H34F6N4O9/c1-31-3-7-33(8-4-31)51(72)34-9-11-35(12-10-34)53-68-47-29-38(15-25-49(47)79-53)59(60(62,63)64,61(65,66)67)39-16-26-50-48(30-39)69-58(80-50)71-55(75)44-24-14-37(28-46(44)57(71)77)52(73)36-13-23-43-45(27-36)56(76)70(54(43)74)40-17-21-42(22-18-40)78-41-19-5-32(2)6-20-41/h3-30H,1-2H3. The Labute approximate surface area is 447 Å². The maximum Gasteiger partial charge on any atom is 0.411 e. The molecule has 394 valence electrons. The molecule has 2 aromatic heterocycles. The lowest BCUT2D eigenvalue weighted by atomic mass is 9.72. The number of ketones is 2. The topological polar surface area (TPSA) is 170 Å². The number of alkyl halides is 6. The smallest absolute Gasteiger partial charge is 0.411 e. The Hall–Kier alpha value is -10.3. The van der Waals surface area contributed by atoms with Crippen LogP contribution in [0.15, 0.2) is 179 Å². The van der Waals surface area contributed by atoms with Crippen molar-refractivity contribution in [2.24, 2.45) is 0 Å². The molecule has 0 atom stereocenters. The van der Waals surface area contributed by atoms with E-state index in [1.54, 1.807) is 48.5 Å². The molecule has 0 aliphatic carbocycles. The van der Waals surface area contributed by atoms with Crippen molar-refractivity contribution in [1.29, 1.82) is 0 Å². The Morgan fingerprint density at radius 1 is 0.450 bits per heavy atom. The molecule has 80 heavy (non-hydrogen) atoms. The number of carbonyl (C=O) groups is 6. The number of imide groups is 2. The zero-order valence-corrected chi connectivity index (χ0v) is 41.4. The molecule has 0 fully saturated rings. The number of ether oxygens (including phenoxy) is 1. The van der Waals surface area contributed by atoms with E-state index in [1.165, 1.54) is 66.7 Å². The van der Waals surface area contributed by atoms with Crippen molar-refractivity contribution in [3.05, 3.63) is 237 Å². The fourth-order valence-electron chi connectivity index (χ4n) is 9.89. The second kappa shape index (κ2) is 18.4. The maximum absolute atomic E-state index is 15.5. The van der Waals surface area contributed by atoms with Crippen LogP contribution in [0.4, 0.5) is 38.0 Å². The van der Waals surface area contributed by atoms with E-state index in [2.05, 4.69) is 9.97 Å². The first kappa shape index (κ1) is 50.5. The van der Waals surface area contributed by atoms with E-state index in [0.717, 1.165) is 34.2 Å². The predicted octanol–water partition coefficient (Wildman–Crippen LogP) is 13.5. The number of carbonyl (C=O) groups excluding carboxylic acids is 6. The molecule has 2 aliphatic rings. The lowest BCUT2D eigenvalue weighted by Gasteiger charge is -2.38. The van der Waals surface area contributed by atoms with Crippen molar-refractivity contribution in [1.82, 2.24) is 9.97 Å². The summed E-state index contributed by atoms with van der Waals surface area (Å²) >= 11 is 0. The summed E-state index contributed by atoms with van der Waals surface area (Å²) in [5.41, 5.74) is -6.25. The summed E-state index contributed by atoms with van der Waals surface area (Å²) in [6, 6.07) is 37.1. The number of nitrogens with zero attached hydrogens (tertiary/aromatic N) is 4. The van der Waals surface area contributed by atoms with Crippen LogP contribution in [0.5, 0.6) is 11.5 Å². The van der Waals surface area contributed by atoms with Gasteiger partial charge < -0.3 is 13.6 Å². The normalized spacial score (nSPS) is 13.7. The number of fused-ring (bicyclic) bond motifs is 4. The third kappa shape index (κ3) is 8.20. The number of hydrogen-bond donors (Lipinski definition) is 0. The van der Waals surface area contributed by atoms with Crippen molar-refractivity contribution in [2.75, 3.05) is 9.80 Å². The van der Waals surface area contributed by atoms with Crippen LogP contribution in [-0.4, -0.2) is 57.5 Å². The molecule has 13 nitrogen and oxygen atoms in total. The highest BCUT2D eigenvalue weighted by Gasteiger charge is 2.72. The Kier molecular flexibility index (Phi) is 11.6.